The average molecular weight is 253 g/mol. The molecule has 0 saturated carbocycles. The van der Waals surface area contributed by atoms with Gasteiger partial charge in [-0.05, 0) is 36.6 Å². The number of rotatable bonds is 3. The van der Waals surface area contributed by atoms with Gasteiger partial charge in [-0.1, -0.05) is 42.5 Å². The first-order valence-corrected chi connectivity index (χ1v) is 6.85. The molecule has 1 aliphatic rings. The fourth-order valence-corrected chi connectivity index (χ4v) is 2.75. The van der Waals surface area contributed by atoms with Crippen molar-refractivity contribution in [2.24, 2.45) is 0 Å². The van der Waals surface area contributed by atoms with Gasteiger partial charge in [-0.2, -0.15) is 0 Å². The van der Waals surface area contributed by atoms with Crippen molar-refractivity contribution in [3.63, 3.8) is 0 Å². The van der Waals surface area contributed by atoms with Gasteiger partial charge in [0.25, 0.3) is 0 Å². The van der Waals surface area contributed by atoms with Gasteiger partial charge < -0.3 is 10.1 Å². The second-order valence-electron chi connectivity index (χ2n) is 4.97. The third-order valence-corrected chi connectivity index (χ3v) is 3.79. The number of benzene rings is 2. The molecule has 0 spiro atoms. The van der Waals surface area contributed by atoms with E-state index in [-0.39, 0.29) is 0 Å². The van der Waals surface area contributed by atoms with Crippen molar-refractivity contribution in [2.45, 2.75) is 18.9 Å². The molecule has 0 aliphatic carbocycles. The first kappa shape index (κ1) is 12.2. The molecule has 0 unspecified atom stereocenters. The Morgan fingerprint density at radius 2 is 1.84 bits per heavy atom. The average Bonchev–Trinajstić information content (AvgIpc) is 3.02. The van der Waals surface area contributed by atoms with Crippen molar-refractivity contribution in [3.8, 4) is 16.9 Å². The van der Waals surface area contributed by atoms with Gasteiger partial charge in [0, 0.05) is 11.6 Å². The van der Waals surface area contributed by atoms with Crippen LogP contribution >= 0.6 is 0 Å². The number of ether oxygens (including phenoxy) is 1. The maximum atomic E-state index is 5.42. The Balaban J connectivity index is 1.89. The van der Waals surface area contributed by atoms with Crippen molar-refractivity contribution in [1.82, 2.24) is 5.32 Å². The van der Waals surface area contributed by atoms with Crippen molar-refractivity contribution in [1.29, 1.82) is 0 Å². The zero-order chi connectivity index (χ0) is 13.1. The van der Waals surface area contributed by atoms with Gasteiger partial charge in [-0.25, -0.2) is 0 Å². The molecule has 1 atom stereocenters. The van der Waals surface area contributed by atoms with Crippen molar-refractivity contribution in [2.75, 3.05) is 13.7 Å². The molecule has 0 radical (unpaired) electrons. The fraction of sp³-hybridized carbons (Fsp3) is 0.294. The van der Waals surface area contributed by atoms with Crippen LogP contribution in [0.3, 0.4) is 0 Å². The molecule has 1 N–H and O–H groups in total. The number of hydrogen-bond acceptors (Lipinski definition) is 2. The van der Waals surface area contributed by atoms with Gasteiger partial charge in [0.15, 0.2) is 0 Å². The Morgan fingerprint density at radius 3 is 2.53 bits per heavy atom. The second-order valence-corrected chi connectivity index (χ2v) is 4.97. The lowest BCUT2D eigenvalue weighted by atomic mass is 9.99. The Kier molecular flexibility index (Phi) is 3.51. The summed E-state index contributed by atoms with van der Waals surface area (Å²) in [6, 6.07) is 17.5. The van der Waals surface area contributed by atoms with Crippen LogP contribution in [0.5, 0.6) is 5.75 Å². The second kappa shape index (κ2) is 5.45. The maximum Gasteiger partial charge on any atom is 0.126 e. The standard InChI is InChI=1S/C17H19NO/c1-19-17-7-3-2-5-15(17)13-8-10-14(11-9-13)16-6-4-12-18-16/h2-3,5,7-11,16,18H,4,6,12H2,1H3/t16-/m0/s1. The molecule has 2 aromatic rings. The summed E-state index contributed by atoms with van der Waals surface area (Å²) in [4.78, 5) is 0. The molecule has 1 heterocycles. The van der Waals surface area contributed by atoms with Crippen LogP contribution in [0.2, 0.25) is 0 Å². The van der Waals surface area contributed by atoms with Crippen LogP contribution in [0.1, 0.15) is 24.4 Å². The Labute approximate surface area is 114 Å². The molecule has 0 aromatic heterocycles. The number of nitrogens with one attached hydrogen (secondary N) is 1. The predicted octanol–water partition coefficient (Wildman–Crippen LogP) is 3.79. The molecule has 98 valence electrons. The molecule has 3 rings (SSSR count). The highest BCUT2D eigenvalue weighted by molar-refractivity contribution is 5.70. The summed E-state index contributed by atoms with van der Waals surface area (Å²) in [7, 11) is 1.72. The van der Waals surface area contributed by atoms with Crippen LogP contribution < -0.4 is 10.1 Å². The normalized spacial score (nSPS) is 18.5. The van der Waals surface area contributed by atoms with E-state index in [0.29, 0.717) is 6.04 Å². The molecule has 2 aromatic carbocycles. The number of hydrogen-bond donors (Lipinski definition) is 1. The highest BCUT2D eigenvalue weighted by Crippen LogP contribution is 2.31. The number of methoxy groups -OCH3 is 1. The highest BCUT2D eigenvalue weighted by atomic mass is 16.5. The Bertz CT molecular complexity index is 541. The van der Waals surface area contributed by atoms with Gasteiger partial charge in [0.05, 0.1) is 7.11 Å². The zero-order valence-corrected chi connectivity index (χ0v) is 11.2. The van der Waals surface area contributed by atoms with E-state index in [0.717, 1.165) is 17.9 Å². The molecule has 2 heteroatoms. The quantitative estimate of drug-likeness (QED) is 0.898. The van der Waals surface area contributed by atoms with Gasteiger partial charge >= 0.3 is 0 Å². The molecule has 0 amide bonds. The lowest BCUT2D eigenvalue weighted by Crippen LogP contribution is -2.12. The Morgan fingerprint density at radius 1 is 1.05 bits per heavy atom. The zero-order valence-electron chi connectivity index (χ0n) is 11.2. The summed E-state index contributed by atoms with van der Waals surface area (Å²) in [5.74, 6) is 0.925. The van der Waals surface area contributed by atoms with E-state index in [4.69, 9.17) is 4.74 Å². The van der Waals surface area contributed by atoms with Gasteiger partial charge in [-0.3, -0.25) is 0 Å². The van der Waals surface area contributed by atoms with Gasteiger partial charge in [0.1, 0.15) is 5.75 Å². The summed E-state index contributed by atoms with van der Waals surface area (Å²) in [5.41, 5.74) is 3.74. The molecule has 1 fully saturated rings. The summed E-state index contributed by atoms with van der Waals surface area (Å²) in [6.45, 7) is 1.14. The molecule has 0 bridgehead atoms. The van der Waals surface area contributed by atoms with Gasteiger partial charge in [0.2, 0.25) is 0 Å². The largest absolute Gasteiger partial charge is 0.496 e. The van der Waals surface area contributed by atoms with E-state index >= 15 is 0 Å². The van der Waals surface area contributed by atoms with Gasteiger partial charge in [-0.15, -0.1) is 0 Å². The van der Waals surface area contributed by atoms with Crippen LogP contribution in [0.4, 0.5) is 0 Å². The van der Waals surface area contributed by atoms with E-state index in [1.165, 1.54) is 24.0 Å². The van der Waals surface area contributed by atoms with Crippen LogP contribution in [-0.2, 0) is 0 Å². The smallest absolute Gasteiger partial charge is 0.126 e. The lowest BCUT2D eigenvalue weighted by Gasteiger charge is -2.12. The Hall–Kier alpha value is -1.80. The van der Waals surface area contributed by atoms with Crippen LogP contribution in [0.15, 0.2) is 48.5 Å². The monoisotopic (exact) mass is 253 g/mol. The molecular formula is C17H19NO. The van der Waals surface area contributed by atoms with Crippen molar-refractivity contribution in [3.05, 3.63) is 54.1 Å². The minimum absolute atomic E-state index is 0.534. The first-order valence-electron chi connectivity index (χ1n) is 6.85. The summed E-state index contributed by atoms with van der Waals surface area (Å²) >= 11 is 0. The van der Waals surface area contributed by atoms with Crippen LogP contribution in [0.25, 0.3) is 11.1 Å². The first-order chi connectivity index (χ1) is 9.38. The summed E-state index contributed by atoms with van der Waals surface area (Å²) in [6.07, 6.45) is 2.52. The van der Waals surface area contributed by atoms with Crippen LogP contribution in [-0.4, -0.2) is 13.7 Å². The molecule has 2 nitrogen and oxygen atoms in total. The highest BCUT2D eigenvalue weighted by Gasteiger charge is 2.15. The van der Waals surface area contributed by atoms with Crippen LogP contribution in [0, 0.1) is 0 Å². The predicted molar refractivity (Wildman–Crippen MR) is 78.4 cm³/mol. The van der Waals surface area contributed by atoms with E-state index < -0.39 is 0 Å². The van der Waals surface area contributed by atoms with Crippen molar-refractivity contribution >= 4 is 0 Å². The van der Waals surface area contributed by atoms with Crippen molar-refractivity contribution < 1.29 is 4.74 Å². The minimum atomic E-state index is 0.534. The molecule has 1 aliphatic heterocycles. The van der Waals surface area contributed by atoms with E-state index in [1.807, 2.05) is 18.2 Å². The maximum absolute atomic E-state index is 5.42. The fourth-order valence-electron chi connectivity index (χ4n) is 2.75. The topological polar surface area (TPSA) is 21.3 Å². The molecule has 1 saturated heterocycles. The SMILES string of the molecule is COc1ccccc1-c1ccc([C@@H]2CCCN2)cc1. The molecule has 19 heavy (non-hydrogen) atoms. The third kappa shape index (κ3) is 2.49. The van der Waals surface area contributed by atoms with E-state index in [9.17, 15) is 0 Å². The lowest BCUT2D eigenvalue weighted by molar-refractivity contribution is 0.416. The minimum Gasteiger partial charge on any atom is -0.496 e. The summed E-state index contributed by atoms with van der Waals surface area (Å²) in [5, 5.41) is 3.53. The third-order valence-electron chi connectivity index (χ3n) is 3.79. The van der Waals surface area contributed by atoms with E-state index in [2.05, 4.69) is 35.6 Å². The van der Waals surface area contributed by atoms with E-state index in [1.54, 1.807) is 7.11 Å². The molecular weight excluding hydrogens is 234 g/mol. The summed E-state index contributed by atoms with van der Waals surface area (Å²) < 4.78 is 5.42. The number of para-hydroxylation sites is 1.